The minimum atomic E-state index is -4.38. The van der Waals surface area contributed by atoms with Crippen LogP contribution in [0.3, 0.4) is 0 Å². The maximum absolute atomic E-state index is 12.4. The molecule has 0 spiro atoms. The molecule has 0 saturated heterocycles. The van der Waals surface area contributed by atoms with Gasteiger partial charge in [-0.1, -0.05) is 12.1 Å². The zero-order valence-corrected chi connectivity index (χ0v) is 8.51. The quantitative estimate of drug-likeness (QED) is 0.761. The van der Waals surface area contributed by atoms with Gasteiger partial charge in [-0.2, -0.15) is 13.2 Å². The SMILES string of the molecule is FC(F)(F)c1cccc(-c2cnc(Cl)o2)c1. The van der Waals surface area contributed by atoms with Gasteiger partial charge < -0.3 is 4.42 Å². The second kappa shape index (κ2) is 3.83. The lowest BCUT2D eigenvalue weighted by Crippen LogP contribution is -2.04. The summed E-state index contributed by atoms with van der Waals surface area (Å²) >= 11 is 5.44. The molecule has 0 amide bonds. The second-order valence-corrected chi connectivity index (χ2v) is 3.38. The number of oxazole rings is 1. The fourth-order valence-corrected chi connectivity index (χ4v) is 1.37. The lowest BCUT2D eigenvalue weighted by atomic mass is 10.1. The van der Waals surface area contributed by atoms with Crippen molar-refractivity contribution in [2.45, 2.75) is 6.18 Å². The average Bonchev–Trinajstić information content (AvgIpc) is 2.64. The number of rotatable bonds is 1. The van der Waals surface area contributed by atoms with Crippen LogP contribution in [0.4, 0.5) is 13.2 Å². The zero-order chi connectivity index (χ0) is 11.8. The highest BCUT2D eigenvalue weighted by molar-refractivity contribution is 6.27. The lowest BCUT2D eigenvalue weighted by Gasteiger charge is -2.06. The summed E-state index contributed by atoms with van der Waals surface area (Å²) in [7, 11) is 0. The van der Waals surface area contributed by atoms with Gasteiger partial charge in [0, 0.05) is 5.56 Å². The van der Waals surface area contributed by atoms with Crippen molar-refractivity contribution in [1.82, 2.24) is 4.98 Å². The fourth-order valence-electron chi connectivity index (χ4n) is 1.24. The fraction of sp³-hybridized carbons (Fsp3) is 0.100. The summed E-state index contributed by atoms with van der Waals surface area (Å²) in [5.74, 6) is 0.205. The summed E-state index contributed by atoms with van der Waals surface area (Å²) in [5.41, 5.74) is -0.452. The molecule has 1 aromatic heterocycles. The van der Waals surface area contributed by atoms with E-state index in [-0.39, 0.29) is 16.7 Å². The Morgan fingerprint density at radius 1 is 1.25 bits per heavy atom. The monoisotopic (exact) mass is 247 g/mol. The molecular formula is C10H5ClF3NO. The van der Waals surface area contributed by atoms with E-state index in [2.05, 4.69) is 4.98 Å². The molecule has 0 bridgehead atoms. The lowest BCUT2D eigenvalue weighted by molar-refractivity contribution is -0.137. The highest BCUT2D eigenvalue weighted by Gasteiger charge is 2.30. The first-order chi connectivity index (χ1) is 7.47. The van der Waals surface area contributed by atoms with Crippen molar-refractivity contribution < 1.29 is 17.6 Å². The van der Waals surface area contributed by atoms with Crippen LogP contribution in [0, 0.1) is 0 Å². The van der Waals surface area contributed by atoms with Crippen LogP contribution in [-0.4, -0.2) is 4.98 Å². The Morgan fingerprint density at radius 3 is 2.56 bits per heavy atom. The summed E-state index contributed by atoms with van der Waals surface area (Å²) in [5, 5.41) is -0.104. The van der Waals surface area contributed by atoms with Gasteiger partial charge in [-0.3, -0.25) is 0 Å². The van der Waals surface area contributed by atoms with E-state index in [0.717, 1.165) is 12.1 Å². The van der Waals surface area contributed by atoms with Crippen LogP contribution >= 0.6 is 11.6 Å². The molecule has 16 heavy (non-hydrogen) atoms. The van der Waals surface area contributed by atoms with Gasteiger partial charge >= 0.3 is 6.18 Å². The topological polar surface area (TPSA) is 26.0 Å². The van der Waals surface area contributed by atoms with Gasteiger partial charge in [-0.05, 0) is 23.7 Å². The molecule has 0 atom stereocenters. The molecule has 1 aromatic carbocycles. The van der Waals surface area contributed by atoms with E-state index < -0.39 is 11.7 Å². The molecule has 2 nitrogen and oxygen atoms in total. The van der Waals surface area contributed by atoms with Crippen molar-refractivity contribution in [2.24, 2.45) is 0 Å². The first-order valence-corrected chi connectivity index (χ1v) is 4.63. The van der Waals surface area contributed by atoms with Gasteiger partial charge in [0.25, 0.3) is 5.35 Å². The Labute approximate surface area is 93.7 Å². The molecule has 0 saturated carbocycles. The smallest absolute Gasteiger partial charge is 0.416 e. The molecule has 6 heteroatoms. The predicted molar refractivity (Wildman–Crippen MR) is 52.0 cm³/mol. The van der Waals surface area contributed by atoms with Crippen LogP contribution in [0.1, 0.15) is 5.56 Å². The maximum Gasteiger partial charge on any atom is 0.416 e. The average molecular weight is 248 g/mol. The largest absolute Gasteiger partial charge is 0.428 e. The standard InChI is InChI=1S/C10H5ClF3NO/c11-9-15-5-8(16-9)6-2-1-3-7(4-6)10(12,13)14/h1-5H. The van der Waals surface area contributed by atoms with Crippen LogP contribution in [0.2, 0.25) is 5.35 Å². The Kier molecular flexibility index (Phi) is 2.63. The van der Waals surface area contributed by atoms with E-state index in [9.17, 15) is 13.2 Å². The van der Waals surface area contributed by atoms with Crippen molar-refractivity contribution in [1.29, 1.82) is 0 Å². The number of aromatic nitrogens is 1. The van der Waals surface area contributed by atoms with E-state index in [1.165, 1.54) is 18.3 Å². The zero-order valence-electron chi connectivity index (χ0n) is 7.75. The van der Waals surface area contributed by atoms with Crippen LogP contribution in [0.5, 0.6) is 0 Å². The van der Waals surface area contributed by atoms with E-state index in [4.69, 9.17) is 16.0 Å². The normalized spacial score (nSPS) is 11.8. The van der Waals surface area contributed by atoms with Gasteiger partial charge in [0.15, 0.2) is 5.76 Å². The van der Waals surface area contributed by atoms with Gasteiger partial charge in [0.1, 0.15) is 0 Å². The molecule has 0 aliphatic carbocycles. The van der Waals surface area contributed by atoms with Gasteiger partial charge in [0.2, 0.25) is 0 Å². The molecule has 0 fully saturated rings. The van der Waals surface area contributed by atoms with Crippen LogP contribution in [0.25, 0.3) is 11.3 Å². The van der Waals surface area contributed by atoms with Crippen molar-refractivity contribution in [3.63, 3.8) is 0 Å². The maximum atomic E-state index is 12.4. The van der Waals surface area contributed by atoms with Crippen molar-refractivity contribution >= 4 is 11.6 Å². The summed E-state index contributed by atoms with van der Waals surface area (Å²) in [6.45, 7) is 0. The van der Waals surface area contributed by atoms with E-state index in [1.54, 1.807) is 0 Å². The summed E-state index contributed by atoms with van der Waals surface area (Å²) in [6.07, 6.45) is -3.10. The second-order valence-electron chi connectivity index (χ2n) is 3.06. The molecule has 1 heterocycles. The number of halogens is 4. The molecule has 84 valence electrons. The Bertz CT molecular complexity index is 507. The summed E-state index contributed by atoms with van der Waals surface area (Å²) in [6, 6.07) is 4.76. The highest BCUT2D eigenvalue weighted by atomic mass is 35.5. The molecular weight excluding hydrogens is 243 g/mol. The van der Waals surface area contributed by atoms with Crippen LogP contribution in [-0.2, 0) is 6.18 Å². The number of alkyl halides is 3. The third kappa shape index (κ3) is 2.19. The first kappa shape index (κ1) is 11.0. The van der Waals surface area contributed by atoms with Crippen molar-refractivity contribution in [2.75, 3.05) is 0 Å². The van der Waals surface area contributed by atoms with Crippen LogP contribution < -0.4 is 0 Å². The van der Waals surface area contributed by atoms with E-state index in [0.29, 0.717) is 0 Å². The van der Waals surface area contributed by atoms with Gasteiger partial charge in [-0.15, -0.1) is 0 Å². The molecule has 0 radical (unpaired) electrons. The van der Waals surface area contributed by atoms with E-state index >= 15 is 0 Å². The van der Waals surface area contributed by atoms with Crippen molar-refractivity contribution in [3.05, 3.63) is 41.4 Å². The number of nitrogens with zero attached hydrogens (tertiary/aromatic N) is 1. The third-order valence-electron chi connectivity index (χ3n) is 1.95. The number of hydrogen-bond acceptors (Lipinski definition) is 2. The number of hydrogen-bond donors (Lipinski definition) is 0. The van der Waals surface area contributed by atoms with E-state index in [1.807, 2.05) is 0 Å². The molecule has 0 aliphatic heterocycles. The third-order valence-corrected chi connectivity index (χ3v) is 2.13. The van der Waals surface area contributed by atoms with Gasteiger partial charge in [-0.25, -0.2) is 4.98 Å². The summed E-state index contributed by atoms with van der Waals surface area (Å²) in [4.78, 5) is 3.60. The number of benzene rings is 1. The molecule has 0 N–H and O–H groups in total. The highest BCUT2D eigenvalue weighted by Crippen LogP contribution is 2.32. The molecule has 2 aromatic rings. The van der Waals surface area contributed by atoms with Crippen LogP contribution in [0.15, 0.2) is 34.9 Å². The Balaban J connectivity index is 2.44. The minimum absolute atomic E-state index is 0.104. The summed E-state index contributed by atoms with van der Waals surface area (Å²) < 4.78 is 42.2. The molecule has 0 unspecified atom stereocenters. The molecule has 2 rings (SSSR count). The minimum Gasteiger partial charge on any atom is -0.428 e. The first-order valence-electron chi connectivity index (χ1n) is 4.26. The Hall–Kier alpha value is -1.49. The van der Waals surface area contributed by atoms with Crippen molar-refractivity contribution in [3.8, 4) is 11.3 Å². The Morgan fingerprint density at radius 2 is 2.00 bits per heavy atom. The predicted octanol–water partition coefficient (Wildman–Crippen LogP) is 4.01. The van der Waals surface area contributed by atoms with Gasteiger partial charge in [0.05, 0.1) is 11.8 Å². The molecule has 0 aliphatic rings.